The van der Waals surface area contributed by atoms with E-state index in [0.29, 0.717) is 6.61 Å². The van der Waals surface area contributed by atoms with Crippen molar-refractivity contribution in [2.24, 2.45) is 0 Å². The number of fused-ring (bicyclic) bond motifs is 2. The molecule has 0 N–H and O–H groups in total. The van der Waals surface area contributed by atoms with Crippen molar-refractivity contribution in [1.82, 2.24) is 0 Å². The molecule has 0 aromatic heterocycles. The molecule has 0 saturated heterocycles. The minimum absolute atomic E-state index is 0.678. The largest absolute Gasteiger partial charge is 0.384 e. The molecule has 0 aliphatic carbocycles. The molecule has 0 atom stereocenters. The van der Waals surface area contributed by atoms with E-state index in [-0.39, 0.29) is 0 Å². The van der Waals surface area contributed by atoms with Gasteiger partial charge in [-0.3, -0.25) is 0 Å². The molecule has 0 heterocycles. The van der Waals surface area contributed by atoms with Crippen molar-refractivity contribution < 1.29 is 9.47 Å². The van der Waals surface area contributed by atoms with Gasteiger partial charge in [-0.15, -0.1) is 0 Å². The van der Waals surface area contributed by atoms with Crippen molar-refractivity contribution in [2.75, 3.05) is 20.3 Å². The predicted octanol–water partition coefficient (Wildman–Crippen LogP) is 9.22. The molecule has 0 spiro atoms. The van der Waals surface area contributed by atoms with Crippen molar-refractivity contribution in [3.8, 4) is 11.1 Å². The first-order valence-corrected chi connectivity index (χ1v) is 12.9. The molecule has 0 amide bonds. The van der Waals surface area contributed by atoms with Crippen molar-refractivity contribution in [3.63, 3.8) is 0 Å². The van der Waals surface area contributed by atoms with Gasteiger partial charge in [0.15, 0.2) is 0 Å². The minimum atomic E-state index is 0.678. The van der Waals surface area contributed by atoms with E-state index in [1.807, 2.05) is 27.7 Å². The first kappa shape index (κ1) is 27.6. The predicted molar refractivity (Wildman–Crippen MR) is 150 cm³/mol. The van der Waals surface area contributed by atoms with E-state index in [1.165, 1.54) is 50.2 Å². The van der Waals surface area contributed by atoms with Crippen molar-refractivity contribution in [3.05, 3.63) is 83.9 Å². The van der Waals surface area contributed by atoms with Crippen LogP contribution in [-0.4, -0.2) is 20.3 Å². The molecule has 0 aliphatic heterocycles. The SMILES string of the molecule is CC.CC.CCCCOCc1ccc(-c2c3ccccc3c(CCOC)c3ccccc23)cc1. The van der Waals surface area contributed by atoms with Gasteiger partial charge in [-0.2, -0.15) is 0 Å². The lowest BCUT2D eigenvalue weighted by Gasteiger charge is -2.17. The van der Waals surface area contributed by atoms with Crippen LogP contribution in [0.15, 0.2) is 72.8 Å². The van der Waals surface area contributed by atoms with Crippen LogP contribution in [0.2, 0.25) is 0 Å². The number of rotatable bonds is 9. The Hall–Kier alpha value is -2.68. The molecule has 2 nitrogen and oxygen atoms in total. The molecular weight excluding hydrogens is 416 g/mol. The third-order valence-electron chi connectivity index (χ3n) is 5.75. The van der Waals surface area contributed by atoms with Gasteiger partial charge < -0.3 is 9.47 Å². The zero-order valence-electron chi connectivity index (χ0n) is 22.0. The van der Waals surface area contributed by atoms with E-state index >= 15 is 0 Å². The third-order valence-corrected chi connectivity index (χ3v) is 5.75. The molecule has 0 fully saturated rings. The van der Waals surface area contributed by atoms with Crippen LogP contribution in [0.3, 0.4) is 0 Å². The summed E-state index contributed by atoms with van der Waals surface area (Å²) in [5.74, 6) is 0. The lowest BCUT2D eigenvalue weighted by molar-refractivity contribution is 0.118. The van der Waals surface area contributed by atoms with Crippen LogP contribution in [0, 0.1) is 0 Å². The van der Waals surface area contributed by atoms with E-state index in [0.717, 1.165) is 26.1 Å². The Morgan fingerprint density at radius 3 is 1.68 bits per heavy atom. The summed E-state index contributed by atoms with van der Waals surface area (Å²) in [6, 6.07) is 26.4. The smallest absolute Gasteiger partial charge is 0.0716 e. The zero-order chi connectivity index (χ0) is 24.8. The van der Waals surface area contributed by atoms with Gasteiger partial charge in [-0.1, -0.05) is 114 Å². The molecule has 4 rings (SSSR count). The van der Waals surface area contributed by atoms with Crippen molar-refractivity contribution in [2.45, 2.75) is 60.5 Å². The Morgan fingerprint density at radius 2 is 1.18 bits per heavy atom. The zero-order valence-corrected chi connectivity index (χ0v) is 22.0. The number of ether oxygens (including phenoxy) is 2. The number of hydrogen-bond donors (Lipinski definition) is 0. The van der Waals surface area contributed by atoms with Gasteiger partial charge >= 0.3 is 0 Å². The lowest BCUT2D eigenvalue weighted by Crippen LogP contribution is -1.99. The van der Waals surface area contributed by atoms with Crippen LogP contribution >= 0.6 is 0 Å². The molecule has 182 valence electrons. The van der Waals surface area contributed by atoms with Crippen molar-refractivity contribution in [1.29, 1.82) is 0 Å². The highest BCUT2D eigenvalue weighted by atomic mass is 16.5. The summed E-state index contributed by atoms with van der Waals surface area (Å²) < 4.78 is 11.2. The monoisotopic (exact) mass is 458 g/mol. The first-order valence-electron chi connectivity index (χ1n) is 12.9. The van der Waals surface area contributed by atoms with Gasteiger partial charge in [0.25, 0.3) is 0 Å². The fourth-order valence-corrected chi connectivity index (χ4v) is 4.21. The van der Waals surface area contributed by atoms with Crippen LogP contribution in [0.25, 0.3) is 32.7 Å². The average molecular weight is 459 g/mol. The van der Waals surface area contributed by atoms with E-state index in [2.05, 4.69) is 79.7 Å². The Kier molecular flexibility index (Phi) is 12.4. The van der Waals surface area contributed by atoms with Crippen LogP contribution in [-0.2, 0) is 22.5 Å². The standard InChI is InChI=1S/C28H30O2.2C2H6/c1-3-4-18-30-20-21-13-15-22(16-14-21)28-26-11-7-5-9-23(26)25(17-19-29-2)24-10-6-8-12-27(24)28;2*1-2/h5-16H,3-4,17-20H2,1-2H3;2*1-2H3. The van der Waals surface area contributed by atoms with Gasteiger partial charge in [0.2, 0.25) is 0 Å². The number of benzene rings is 4. The van der Waals surface area contributed by atoms with Crippen LogP contribution in [0.1, 0.15) is 58.6 Å². The highest BCUT2D eigenvalue weighted by molar-refractivity contribution is 6.15. The van der Waals surface area contributed by atoms with E-state index in [9.17, 15) is 0 Å². The summed E-state index contributed by atoms with van der Waals surface area (Å²) in [4.78, 5) is 0. The summed E-state index contributed by atoms with van der Waals surface area (Å²) in [7, 11) is 1.77. The average Bonchev–Trinajstić information content (AvgIpc) is 2.92. The quantitative estimate of drug-likeness (QED) is 0.184. The Bertz CT molecular complexity index is 1060. The molecule has 2 heteroatoms. The van der Waals surface area contributed by atoms with Gasteiger partial charge in [-0.05, 0) is 56.6 Å². The topological polar surface area (TPSA) is 18.5 Å². The van der Waals surface area contributed by atoms with E-state index < -0.39 is 0 Å². The summed E-state index contributed by atoms with van der Waals surface area (Å²) in [6.07, 6.45) is 3.19. The molecule has 0 saturated carbocycles. The van der Waals surface area contributed by atoms with Crippen molar-refractivity contribution >= 4 is 21.5 Å². The molecule has 0 bridgehead atoms. The second-order valence-corrected chi connectivity index (χ2v) is 7.79. The fraction of sp³-hybridized carbons (Fsp3) is 0.375. The summed E-state index contributed by atoms with van der Waals surface area (Å²) >= 11 is 0. The number of methoxy groups -OCH3 is 1. The second kappa shape index (κ2) is 15.3. The van der Waals surface area contributed by atoms with E-state index in [4.69, 9.17) is 9.47 Å². The molecule has 0 radical (unpaired) electrons. The molecular formula is C32H42O2. The van der Waals surface area contributed by atoms with Gasteiger partial charge in [0.05, 0.1) is 13.2 Å². The van der Waals surface area contributed by atoms with Gasteiger partial charge in [-0.25, -0.2) is 0 Å². The summed E-state index contributed by atoms with van der Waals surface area (Å²) in [5.41, 5.74) is 5.15. The molecule has 4 aromatic rings. The maximum Gasteiger partial charge on any atom is 0.0716 e. The van der Waals surface area contributed by atoms with Gasteiger partial charge in [0.1, 0.15) is 0 Å². The number of hydrogen-bond acceptors (Lipinski definition) is 2. The van der Waals surface area contributed by atoms with E-state index in [1.54, 1.807) is 7.11 Å². The lowest BCUT2D eigenvalue weighted by atomic mass is 9.87. The van der Waals surface area contributed by atoms with Crippen LogP contribution in [0.4, 0.5) is 0 Å². The Balaban J connectivity index is 0.000000970. The maximum absolute atomic E-state index is 5.79. The highest BCUT2D eigenvalue weighted by Crippen LogP contribution is 2.39. The van der Waals surface area contributed by atoms with Gasteiger partial charge in [0, 0.05) is 13.7 Å². The molecule has 0 aliphatic rings. The highest BCUT2D eigenvalue weighted by Gasteiger charge is 2.14. The minimum Gasteiger partial charge on any atom is -0.384 e. The fourth-order valence-electron chi connectivity index (χ4n) is 4.21. The summed E-state index contributed by atoms with van der Waals surface area (Å²) in [6.45, 7) is 12.4. The molecule has 4 aromatic carbocycles. The third kappa shape index (κ3) is 6.68. The van der Waals surface area contributed by atoms with Crippen LogP contribution in [0.5, 0.6) is 0 Å². The molecule has 0 unspecified atom stereocenters. The normalized spacial score (nSPS) is 10.4. The second-order valence-electron chi connectivity index (χ2n) is 7.79. The Morgan fingerprint density at radius 1 is 0.647 bits per heavy atom. The first-order chi connectivity index (χ1) is 16.8. The summed E-state index contributed by atoms with van der Waals surface area (Å²) in [5, 5.41) is 5.23. The van der Waals surface area contributed by atoms with Crippen LogP contribution < -0.4 is 0 Å². The Labute approximate surface area is 206 Å². The number of unbranched alkanes of at least 4 members (excludes halogenated alkanes) is 1. The maximum atomic E-state index is 5.79. The molecule has 34 heavy (non-hydrogen) atoms.